The predicted octanol–water partition coefficient (Wildman–Crippen LogP) is 2.22. The monoisotopic (exact) mass is 186 g/mol. The van der Waals surface area contributed by atoms with Crippen LogP contribution < -0.4 is 0 Å². The number of ketones is 1. The summed E-state index contributed by atoms with van der Waals surface area (Å²) < 4.78 is 0. The minimum Gasteiger partial charge on any atom is -0.294 e. The zero-order valence-electron chi connectivity index (χ0n) is 7.90. The Kier molecular flexibility index (Phi) is 2.23. The second-order valence-electron chi connectivity index (χ2n) is 3.04. The Morgan fingerprint density at radius 3 is 2.64 bits per heavy atom. The van der Waals surface area contributed by atoms with Gasteiger partial charge in [0, 0.05) is 24.4 Å². The van der Waals surface area contributed by atoms with E-state index in [1.807, 2.05) is 13.0 Å². The van der Waals surface area contributed by atoms with Crippen LogP contribution in [0.1, 0.15) is 23.7 Å². The lowest BCUT2D eigenvalue weighted by Crippen LogP contribution is -1.96. The van der Waals surface area contributed by atoms with Crippen molar-refractivity contribution in [2.45, 2.75) is 13.3 Å². The molecule has 70 valence electrons. The van der Waals surface area contributed by atoms with Crippen LogP contribution in [0.25, 0.3) is 11.0 Å². The van der Waals surface area contributed by atoms with Crippen LogP contribution in [0.15, 0.2) is 30.6 Å². The van der Waals surface area contributed by atoms with E-state index in [1.165, 1.54) is 0 Å². The van der Waals surface area contributed by atoms with Crippen molar-refractivity contribution in [2.75, 3.05) is 0 Å². The molecule has 2 rings (SSSR count). The van der Waals surface area contributed by atoms with Crippen LogP contribution in [0, 0.1) is 0 Å². The van der Waals surface area contributed by atoms with Crippen LogP contribution in [0.2, 0.25) is 0 Å². The molecule has 0 unspecified atom stereocenters. The van der Waals surface area contributed by atoms with Gasteiger partial charge in [-0.05, 0) is 18.2 Å². The molecular weight excluding hydrogens is 176 g/mol. The van der Waals surface area contributed by atoms with E-state index in [0.29, 0.717) is 12.0 Å². The molecule has 0 saturated heterocycles. The largest absolute Gasteiger partial charge is 0.294 e. The summed E-state index contributed by atoms with van der Waals surface area (Å²) >= 11 is 0. The lowest BCUT2D eigenvalue weighted by atomic mass is 10.1. The van der Waals surface area contributed by atoms with E-state index in [1.54, 1.807) is 24.5 Å². The number of fused-ring (bicyclic) bond motifs is 1. The van der Waals surface area contributed by atoms with Crippen LogP contribution in [0.3, 0.4) is 0 Å². The molecule has 0 N–H and O–H groups in total. The van der Waals surface area contributed by atoms with Crippen LogP contribution in [-0.4, -0.2) is 15.8 Å². The van der Waals surface area contributed by atoms with E-state index >= 15 is 0 Å². The molecular formula is C11H10N2O. The Morgan fingerprint density at radius 1 is 1.21 bits per heavy atom. The third-order valence-corrected chi connectivity index (χ3v) is 2.11. The highest BCUT2D eigenvalue weighted by atomic mass is 16.1. The average molecular weight is 186 g/mol. The van der Waals surface area contributed by atoms with Gasteiger partial charge in [-0.2, -0.15) is 0 Å². The van der Waals surface area contributed by atoms with Crippen molar-refractivity contribution in [1.29, 1.82) is 0 Å². The maximum atomic E-state index is 11.4. The number of carbonyl (C=O) groups is 1. The van der Waals surface area contributed by atoms with Crippen LogP contribution in [0.5, 0.6) is 0 Å². The number of carbonyl (C=O) groups excluding carboxylic acids is 1. The maximum Gasteiger partial charge on any atom is 0.162 e. The first-order chi connectivity index (χ1) is 6.81. The average Bonchev–Trinajstić information content (AvgIpc) is 2.27. The second-order valence-corrected chi connectivity index (χ2v) is 3.04. The van der Waals surface area contributed by atoms with Crippen molar-refractivity contribution in [1.82, 2.24) is 9.97 Å². The summed E-state index contributed by atoms with van der Waals surface area (Å²) in [5.74, 6) is 0.137. The summed E-state index contributed by atoms with van der Waals surface area (Å²) in [6.07, 6.45) is 3.79. The summed E-state index contributed by atoms with van der Waals surface area (Å²) in [6, 6.07) is 5.40. The van der Waals surface area contributed by atoms with Crippen molar-refractivity contribution in [3.8, 4) is 0 Å². The molecule has 0 amide bonds. The molecule has 0 aliphatic carbocycles. The fourth-order valence-corrected chi connectivity index (χ4v) is 1.34. The highest BCUT2D eigenvalue weighted by Gasteiger charge is 2.04. The smallest absolute Gasteiger partial charge is 0.162 e. The van der Waals surface area contributed by atoms with Gasteiger partial charge in [0.05, 0.1) is 11.0 Å². The Bertz CT molecular complexity index is 479. The fraction of sp³-hybridized carbons (Fsp3) is 0.182. The third-order valence-electron chi connectivity index (χ3n) is 2.11. The number of aromatic nitrogens is 2. The van der Waals surface area contributed by atoms with Crippen molar-refractivity contribution in [3.63, 3.8) is 0 Å². The standard InChI is InChI=1S/C11H10N2O/c1-2-11(14)8-3-4-9-10(7-8)13-6-5-12-9/h3-7H,2H2,1H3. The van der Waals surface area contributed by atoms with Crippen molar-refractivity contribution < 1.29 is 4.79 Å². The van der Waals surface area contributed by atoms with Crippen molar-refractivity contribution in [2.24, 2.45) is 0 Å². The molecule has 0 aliphatic rings. The van der Waals surface area contributed by atoms with Crippen LogP contribution in [0.4, 0.5) is 0 Å². The normalized spacial score (nSPS) is 10.4. The van der Waals surface area contributed by atoms with E-state index in [4.69, 9.17) is 0 Å². The fourth-order valence-electron chi connectivity index (χ4n) is 1.34. The van der Waals surface area contributed by atoms with Gasteiger partial charge in [-0.25, -0.2) is 0 Å². The highest BCUT2D eigenvalue weighted by Crippen LogP contribution is 2.12. The first-order valence-corrected chi connectivity index (χ1v) is 4.55. The lowest BCUT2D eigenvalue weighted by Gasteiger charge is -1.99. The Hall–Kier alpha value is -1.77. The number of nitrogens with zero attached hydrogens (tertiary/aromatic N) is 2. The maximum absolute atomic E-state index is 11.4. The molecule has 0 radical (unpaired) electrons. The number of Topliss-reactive ketones (excluding diaryl/α,β-unsaturated/α-hetero) is 1. The Balaban J connectivity index is 2.56. The first kappa shape index (κ1) is 8.81. The van der Waals surface area contributed by atoms with Gasteiger partial charge in [0.15, 0.2) is 5.78 Å². The molecule has 0 bridgehead atoms. The molecule has 1 heterocycles. The first-order valence-electron chi connectivity index (χ1n) is 4.55. The SMILES string of the molecule is CCC(=O)c1ccc2nccnc2c1. The Labute approximate surface area is 81.8 Å². The number of hydrogen-bond donors (Lipinski definition) is 0. The van der Waals surface area contributed by atoms with E-state index in [9.17, 15) is 4.79 Å². The van der Waals surface area contributed by atoms with Gasteiger partial charge in [-0.1, -0.05) is 6.92 Å². The van der Waals surface area contributed by atoms with Gasteiger partial charge in [0.1, 0.15) is 0 Å². The minimum atomic E-state index is 0.137. The molecule has 1 aromatic carbocycles. The van der Waals surface area contributed by atoms with Crippen molar-refractivity contribution >= 4 is 16.8 Å². The van der Waals surface area contributed by atoms with Crippen molar-refractivity contribution in [3.05, 3.63) is 36.2 Å². The predicted molar refractivity (Wildman–Crippen MR) is 54.2 cm³/mol. The molecule has 0 atom stereocenters. The molecule has 14 heavy (non-hydrogen) atoms. The third kappa shape index (κ3) is 1.48. The highest BCUT2D eigenvalue weighted by molar-refractivity contribution is 5.98. The number of hydrogen-bond acceptors (Lipinski definition) is 3. The van der Waals surface area contributed by atoms with Gasteiger partial charge in [0.2, 0.25) is 0 Å². The van der Waals surface area contributed by atoms with E-state index in [2.05, 4.69) is 9.97 Å². The van der Waals surface area contributed by atoms with E-state index in [-0.39, 0.29) is 5.78 Å². The molecule has 3 heteroatoms. The molecule has 1 aromatic heterocycles. The topological polar surface area (TPSA) is 42.9 Å². The zero-order valence-corrected chi connectivity index (χ0v) is 7.90. The minimum absolute atomic E-state index is 0.137. The molecule has 3 nitrogen and oxygen atoms in total. The van der Waals surface area contributed by atoms with Crippen LogP contribution >= 0.6 is 0 Å². The summed E-state index contributed by atoms with van der Waals surface area (Å²) in [5, 5.41) is 0. The van der Waals surface area contributed by atoms with Gasteiger partial charge in [-0.15, -0.1) is 0 Å². The summed E-state index contributed by atoms with van der Waals surface area (Å²) in [4.78, 5) is 19.7. The van der Waals surface area contributed by atoms with Gasteiger partial charge < -0.3 is 0 Å². The number of benzene rings is 1. The summed E-state index contributed by atoms with van der Waals surface area (Å²) in [6.45, 7) is 1.85. The quantitative estimate of drug-likeness (QED) is 0.675. The van der Waals surface area contributed by atoms with Gasteiger partial charge in [-0.3, -0.25) is 14.8 Å². The second kappa shape index (κ2) is 3.54. The van der Waals surface area contributed by atoms with E-state index in [0.717, 1.165) is 11.0 Å². The van der Waals surface area contributed by atoms with Gasteiger partial charge >= 0.3 is 0 Å². The number of rotatable bonds is 2. The molecule has 0 aliphatic heterocycles. The molecule has 0 saturated carbocycles. The summed E-state index contributed by atoms with van der Waals surface area (Å²) in [5.41, 5.74) is 2.30. The molecule has 0 spiro atoms. The van der Waals surface area contributed by atoms with E-state index < -0.39 is 0 Å². The Morgan fingerprint density at radius 2 is 1.93 bits per heavy atom. The molecule has 0 fully saturated rings. The van der Waals surface area contributed by atoms with Crippen LogP contribution in [-0.2, 0) is 0 Å². The molecule has 2 aromatic rings. The zero-order chi connectivity index (χ0) is 9.97. The lowest BCUT2D eigenvalue weighted by molar-refractivity contribution is 0.0988. The summed E-state index contributed by atoms with van der Waals surface area (Å²) in [7, 11) is 0. The van der Waals surface area contributed by atoms with Gasteiger partial charge in [0.25, 0.3) is 0 Å².